The van der Waals surface area contributed by atoms with E-state index in [-0.39, 0.29) is 12.1 Å². The van der Waals surface area contributed by atoms with Crippen molar-refractivity contribution >= 4 is 0 Å². The van der Waals surface area contributed by atoms with E-state index in [9.17, 15) is 0 Å². The SMILES string of the molecule is CNC(CCO)CN1CCN(C)C(C)(C)C1. The van der Waals surface area contributed by atoms with Crippen LogP contribution in [0.3, 0.4) is 0 Å². The fourth-order valence-electron chi connectivity index (χ4n) is 2.29. The van der Waals surface area contributed by atoms with Gasteiger partial charge in [0.1, 0.15) is 0 Å². The van der Waals surface area contributed by atoms with Crippen molar-refractivity contribution in [2.24, 2.45) is 0 Å². The van der Waals surface area contributed by atoms with Crippen LogP contribution in [0.2, 0.25) is 0 Å². The van der Waals surface area contributed by atoms with Crippen LogP contribution in [0.1, 0.15) is 20.3 Å². The Labute approximate surface area is 99.6 Å². The first kappa shape index (κ1) is 13.9. The Kier molecular flexibility index (Phi) is 5.18. The molecule has 0 bridgehead atoms. The summed E-state index contributed by atoms with van der Waals surface area (Å²) in [5.41, 5.74) is 0.260. The maximum Gasteiger partial charge on any atom is 0.0446 e. The highest BCUT2D eigenvalue weighted by atomic mass is 16.3. The van der Waals surface area contributed by atoms with E-state index in [1.54, 1.807) is 0 Å². The van der Waals surface area contributed by atoms with Crippen LogP contribution in [-0.4, -0.2) is 73.4 Å². The highest BCUT2D eigenvalue weighted by molar-refractivity contribution is 4.89. The maximum absolute atomic E-state index is 8.98. The van der Waals surface area contributed by atoms with Gasteiger partial charge in [0.25, 0.3) is 0 Å². The molecule has 0 aromatic carbocycles. The lowest BCUT2D eigenvalue weighted by atomic mass is 9.99. The third-order valence-electron chi connectivity index (χ3n) is 3.76. The zero-order valence-corrected chi connectivity index (χ0v) is 11.2. The third kappa shape index (κ3) is 3.70. The van der Waals surface area contributed by atoms with Crippen molar-refractivity contribution in [1.29, 1.82) is 0 Å². The molecule has 0 radical (unpaired) electrons. The largest absolute Gasteiger partial charge is 0.396 e. The van der Waals surface area contributed by atoms with Gasteiger partial charge in [-0.3, -0.25) is 9.80 Å². The van der Waals surface area contributed by atoms with Crippen LogP contribution in [0.15, 0.2) is 0 Å². The average Bonchev–Trinajstić information content (AvgIpc) is 2.22. The zero-order chi connectivity index (χ0) is 12.2. The smallest absolute Gasteiger partial charge is 0.0446 e. The van der Waals surface area contributed by atoms with Crippen LogP contribution in [0, 0.1) is 0 Å². The number of piperazine rings is 1. The Hall–Kier alpha value is -0.160. The molecule has 1 unspecified atom stereocenters. The predicted octanol–water partition coefficient (Wildman–Crippen LogP) is -0.0172. The molecule has 1 heterocycles. The number of rotatable bonds is 5. The Morgan fingerprint density at radius 2 is 2.06 bits per heavy atom. The lowest BCUT2D eigenvalue weighted by Crippen LogP contribution is -2.59. The van der Waals surface area contributed by atoms with Gasteiger partial charge in [0.2, 0.25) is 0 Å². The van der Waals surface area contributed by atoms with E-state index >= 15 is 0 Å². The lowest BCUT2D eigenvalue weighted by Gasteiger charge is -2.46. The molecule has 0 spiro atoms. The maximum atomic E-state index is 8.98. The summed E-state index contributed by atoms with van der Waals surface area (Å²) in [6, 6.07) is 0.407. The van der Waals surface area contributed by atoms with Crippen molar-refractivity contribution in [3.05, 3.63) is 0 Å². The van der Waals surface area contributed by atoms with E-state index in [2.05, 4.69) is 36.0 Å². The highest BCUT2D eigenvalue weighted by Gasteiger charge is 2.31. The summed E-state index contributed by atoms with van der Waals surface area (Å²) >= 11 is 0. The van der Waals surface area contributed by atoms with E-state index in [0.29, 0.717) is 6.04 Å². The van der Waals surface area contributed by atoms with Gasteiger partial charge in [-0.25, -0.2) is 0 Å². The molecule has 0 aliphatic carbocycles. The van der Waals surface area contributed by atoms with Crippen LogP contribution < -0.4 is 5.32 Å². The van der Waals surface area contributed by atoms with Gasteiger partial charge in [-0.15, -0.1) is 0 Å². The van der Waals surface area contributed by atoms with E-state index in [4.69, 9.17) is 5.11 Å². The second-order valence-corrected chi connectivity index (χ2v) is 5.47. The normalized spacial score (nSPS) is 24.6. The second kappa shape index (κ2) is 5.96. The minimum Gasteiger partial charge on any atom is -0.396 e. The van der Waals surface area contributed by atoms with Crippen LogP contribution in [0.5, 0.6) is 0 Å². The van der Waals surface area contributed by atoms with Gasteiger partial charge >= 0.3 is 0 Å². The number of hydrogen-bond donors (Lipinski definition) is 2. The monoisotopic (exact) mass is 229 g/mol. The molecule has 2 N–H and O–H groups in total. The number of nitrogens with zero attached hydrogens (tertiary/aromatic N) is 2. The minimum atomic E-state index is 0.260. The van der Waals surface area contributed by atoms with Gasteiger partial charge in [0.15, 0.2) is 0 Å². The van der Waals surface area contributed by atoms with Crippen LogP contribution >= 0.6 is 0 Å². The average molecular weight is 229 g/mol. The molecular formula is C12H27N3O. The summed E-state index contributed by atoms with van der Waals surface area (Å²) in [6.45, 7) is 9.25. The molecule has 1 aliphatic rings. The first-order valence-corrected chi connectivity index (χ1v) is 6.21. The van der Waals surface area contributed by atoms with Gasteiger partial charge in [-0.05, 0) is 34.4 Å². The molecule has 1 saturated heterocycles. The minimum absolute atomic E-state index is 0.260. The molecule has 0 amide bonds. The van der Waals surface area contributed by atoms with Gasteiger partial charge in [-0.2, -0.15) is 0 Å². The van der Waals surface area contributed by atoms with E-state index < -0.39 is 0 Å². The first-order chi connectivity index (χ1) is 7.49. The van der Waals surface area contributed by atoms with Crippen LogP contribution in [0.4, 0.5) is 0 Å². The molecule has 0 aromatic rings. The number of likely N-dealkylation sites (N-methyl/N-ethyl adjacent to an activating group) is 2. The molecule has 1 aliphatic heterocycles. The Bertz CT molecular complexity index is 208. The third-order valence-corrected chi connectivity index (χ3v) is 3.76. The molecule has 4 nitrogen and oxygen atoms in total. The fourth-order valence-corrected chi connectivity index (χ4v) is 2.29. The molecule has 0 saturated carbocycles. The van der Waals surface area contributed by atoms with Crippen molar-refractivity contribution < 1.29 is 5.11 Å². The van der Waals surface area contributed by atoms with Crippen molar-refractivity contribution in [3.63, 3.8) is 0 Å². The Morgan fingerprint density at radius 3 is 2.56 bits per heavy atom. The summed E-state index contributed by atoms with van der Waals surface area (Å²) in [5.74, 6) is 0. The number of nitrogens with one attached hydrogen (secondary N) is 1. The summed E-state index contributed by atoms with van der Waals surface area (Å²) in [7, 11) is 4.17. The quantitative estimate of drug-likeness (QED) is 0.695. The predicted molar refractivity (Wildman–Crippen MR) is 67.7 cm³/mol. The van der Waals surface area contributed by atoms with E-state index in [0.717, 1.165) is 32.6 Å². The Morgan fingerprint density at radius 1 is 1.38 bits per heavy atom. The molecule has 16 heavy (non-hydrogen) atoms. The van der Waals surface area contributed by atoms with Crippen LogP contribution in [0.25, 0.3) is 0 Å². The summed E-state index contributed by atoms with van der Waals surface area (Å²) in [4.78, 5) is 4.92. The summed E-state index contributed by atoms with van der Waals surface area (Å²) < 4.78 is 0. The molecular weight excluding hydrogens is 202 g/mol. The van der Waals surface area contributed by atoms with Crippen molar-refractivity contribution in [2.75, 3.05) is 46.9 Å². The first-order valence-electron chi connectivity index (χ1n) is 6.21. The molecule has 1 rings (SSSR count). The summed E-state index contributed by atoms with van der Waals surface area (Å²) in [6.07, 6.45) is 0.837. The van der Waals surface area contributed by atoms with Crippen LogP contribution in [-0.2, 0) is 0 Å². The van der Waals surface area contributed by atoms with Gasteiger partial charge in [0, 0.05) is 44.4 Å². The van der Waals surface area contributed by atoms with Crippen molar-refractivity contribution in [2.45, 2.75) is 31.8 Å². The summed E-state index contributed by atoms with van der Waals surface area (Å²) in [5, 5.41) is 12.2. The zero-order valence-electron chi connectivity index (χ0n) is 11.2. The van der Waals surface area contributed by atoms with Gasteiger partial charge < -0.3 is 10.4 Å². The fraction of sp³-hybridized carbons (Fsp3) is 1.00. The van der Waals surface area contributed by atoms with E-state index in [1.807, 2.05) is 7.05 Å². The number of aliphatic hydroxyl groups excluding tert-OH is 1. The standard InChI is InChI=1S/C12H27N3O/c1-12(2)10-15(7-6-14(12)4)9-11(13-3)5-8-16/h11,13,16H,5-10H2,1-4H3. The molecule has 4 heteroatoms. The number of aliphatic hydroxyl groups is 1. The van der Waals surface area contributed by atoms with Crippen molar-refractivity contribution in [1.82, 2.24) is 15.1 Å². The molecule has 1 atom stereocenters. The molecule has 1 fully saturated rings. The topological polar surface area (TPSA) is 38.7 Å². The second-order valence-electron chi connectivity index (χ2n) is 5.47. The molecule has 0 aromatic heterocycles. The lowest BCUT2D eigenvalue weighted by molar-refractivity contribution is 0.0342. The number of hydrogen-bond acceptors (Lipinski definition) is 4. The van der Waals surface area contributed by atoms with Gasteiger partial charge in [0.05, 0.1) is 0 Å². The Balaban J connectivity index is 2.43. The van der Waals surface area contributed by atoms with Crippen molar-refractivity contribution in [3.8, 4) is 0 Å². The van der Waals surface area contributed by atoms with Gasteiger partial charge in [-0.1, -0.05) is 0 Å². The highest BCUT2D eigenvalue weighted by Crippen LogP contribution is 2.18. The van der Waals surface area contributed by atoms with E-state index in [1.165, 1.54) is 0 Å². The molecule has 96 valence electrons.